The summed E-state index contributed by atoms with van der Waals surface area (Å²) >= 11 is 0. The van der Waals surface area contributed by atoms with Crippen molar-refractivity contribution in [3.63, 3.8) is 0 Å². The molecule has 134 valence electrons. The van der Waals surface area contributed by atoms with Gasteiger partial charge in [0.2, 0.25) is 0 Å². The standard InChI is InChI=1S/C21H20FNO3/c1-21(2,3)26-20(25)11-7-15-6-8-16(18(22)13-15)9-10-19(24)17-5-4-12-23-14-17/h4-14H,1-3H3/b10-9+,11-7+. The van der Waals surface area contributed by atoms with Gasteiger partial charge in [-0.3, -0.25) is 9.78 Å². The summed E-state index contributed by atoms with van der Waals surface area (Å²) < 4.78 is 19.3. The molecule has 0 radical (unpaired) electrons. The summed E-state index contributed by atoms with van der Waals surface area (Å²) in [4.78, 5) is 27.5. The van der Waals surface area contributed by atoms with Crippen molar-refractivity contribution < 1.29 is 18.7 Å². The average Bonchev–Trinajstić information content (AvgIpc) is 2.58. The summed E-state index contributed by atoms with van der Waals surface area (Å²) in [5.74, 6) is -1.25. The molecule has 0 aliphatic heterocycles. The van der Waals surface area contributed by atoms with Crippen molar-refractivity contribution in [1.82, 2.24) is 4.98 Å². The van der Waals surface area contributed by atoms with Crippen LogP contribution < -0.4 is 0 Å². The molecule has 0 saturated carbocycles. The number of aromatic nitrogens is 1. The van der Waals surface area contributed by atoms with Crippen molar-refractivity contribution in [2.75, 3.05) is 0 Å². The van der Waals surface area contributed by atoms with E-state index in [2.05, 4.69) is 4.98 Å². The summed E-state index contributed by atoms with van der Waals surface area (Å²) in [7, 11) is 0. The number of esters is 1. The molecule has 2 aromatic rings. The molecular formula is C21H20FNO3. The highest BCUT2D eigenvalue weighted by atomic mass is 19.1. The van der Waals surface area contributed by atoms with Crippen LogP contribution in [-0.2, 0) is 9.53 Å². The predicted molar refractivity (Wildman–Crippen MR) is 98.9 cm³/mol. The largest absolute Gasteiger partial charge is 0.457 e. The van der Waals surface area contributed by atoms with E-state index in [1.54, 1.807) is 45.2 Å². The van der Waals surface area contributed by atoms with Crippen LogP contribution in [0.5, 0.6) is 0 Å². The Labute approximate surface area is 152 Å². The molecule has 0 fully saturated rings. The molecule has 1 heterocycles. The third-order valence-electron chi connectivity index (χ3n) is 3.20. The van der Waals surface area contributed by atoms with E-state index < -0.39 is 17.4 Å². The Bertz CT molecular complexity index is 849. The molecule has 1 aromatic carbocycles. The number of ether oxygens (including phenoxy) is 1. The molecule has 0 atom stereocenters. The van der Waals surface area contributed by atoms with E-state index >= 15 is 0 Å². The highest BCUT2D eigenvalue weighted by Crippen LogP contribution is 2.15. The molecule has 0 N–H and O–H groups in total. The number of benzene rings is 1. The van der Waals surface area contributed by atoms with Crippen molar-refractivity contribution in [1.29, 1.82) is 0 Å². The molecule has 0 saturated heterocycles. The number of carbonyl (C=O) groups excluding carboxylic acids is 2. The number of hydrogen-bond donors (Lipinski definition) is 0. The monoisotopic (exact) mass is 353 g/mol. The topological polar surface area (TPSA) is 56.3 Å². The van der Waals surface area contributed by atoms with Gasteiger partial charge in [0.25, 0.3) is 0 Å². The fraction of sp³-hybridized carbons (Fsp3) is 0.190. The predicted octanol–water partition coefficient (Wildman–Crippen LogP) is 4.47. The van der Waals surface area contributed by atoms with Crippen molar-refractivity contribution in [3.05, 3.63) is 77.4 Å². The second kappa shape index (κ2) is 8.34. The normalized spacial score (nSPS) is 11.8. The minimum atomic E-state index is -0.581. The Morgan fingerprint density at radius 3 is 2.50 bits per heavy atom. The summed E-state index contributed by atoms with van der Waals surface area (Å²) in [6.07, 6.45) is 8.46. The van der Waals surface area contributed by atoms with Crippen molar-refractivity contribution in [2.45, 2.75) is 26.4 Å². The third kappa shape index (κ3) is 6.09. The van der Waals surface area contributed by atoms with Crippen molar-refractivity contribution in [3.8, 4) is 0 Å². The van der Waals surface area contributed by atoms with E-state index in [1.807, 2.05) is 0 Å². The van der Waals surface area contributed by atoms with Gasteiger partial charge in [-0.15, -0.1) is 0 Å². The Hall–Kier alpha value is -3.08. The number of halogens is 1. The van der Waals surface area contributed by atoms with Gasteiger partial charge in [0, 0.05) is 29.6 Å². The van der Waals surface area contributed by atoms with E-state index in [4.69, 9.17) is 4.74 Å². The zero-order valence-electron chi connectivity index (χ0n) is 14.9. The van der Waals surface area contributed by atoms with Crippen LogP contribution in [0.15, 0.2) is 54.9 Å². The van der Waals surface area contributed by atoms with E-state index in [0.29, 0.717) is 11.1 Å². The van der Waals surface area contributed by atoms with Crippen LogP contribution in [0.4, 0.5) is 4.39 Å². The minimum absolute atomic E-state index is 0.258. The average molecular weight is 353 g/mol. The number of ketones is 1. The summed E-state index contributed by atoms with van der Waals surface area (Å²) in [6.45, 7) is 5.31. The van der Waals surface area contributed by atoms with Crippen LogP contribution in [0, 0.1) is 5.82 Å². The quantitative estimate of drug-likeness (QED) is 0.452. The van der Waals surface area contributed by atoms with Gasteiger partial charge in [0.05, 0.1) is 0 Å². The van der Waals surface area contributed by atoms with Gasteiger partial charge in [-0.25, -0.2) is 9.18 Å². The fourth-order valence-corrected chi connectivity index (χ4v) is 2.05. The molecule has 0 aliphatic rings. The van der Waals surface area contributed by atoms with Crippen LogP contribution in [0.25, 0.3) is 12.2 Å². The number of allylic oxidation sites excluding steroid dienone is 1. The minimum Gasteiger partial charge on any atom is -0.457 e. The summed E-state index contributed by atoms with van der Waals surface area (Å²) in [6, 6.07) is 7.78. The molecule has 5 heteroatoms. The highest BCUT2D eigenvalue weighted by molar-refractivity contribution is 6.06. The molecule has 0 aliphatic carbocycles. The molecule has 26 heavy (non-hydrogen) atoms. The van der Waals surface area contributed by atoms with Gasteiger partial charge < -0.3 is 4.74 Å². The maximum absolute atomic E-state index is 14.2. The molecule has 1 aromatic heterocycles. The van der Waals surface area contributed by atoms with Crippen LogP contribution in [-0.4, -0.2) is 22.3 Å². The van der Waals surface area contributed by atoms with Gasteiger partial charge in [0.15, 0.2) is 5.78 Å². The number of hydrogen-bond acceptors (Lipinski definition) is 4. The number of rotatable bonds is 5. The molecule has 0 unspecified atom stereocenters. The zero-order chi connectivity index (χ0) is 19.2. The third-order valence-corrected chi connectivity index (χ3v) is 3.20. The first-order valence-electron chi connectivity index (χ1n) is 8.08. The van der Waals surface area contributed by atoms with Gasteiger partial charge >= 0.3 is 5.97 Å². The van der Waals surface area contributed by atoms with E-state index in [9.17, 15) is 14.0 Å². The van der Waals surface area contributed by atoms with E-state index in [0.717, 1.165) is 0 Å². The van der Waals surface area contributed by atoms with Gasteiger partial charge in [-0.1, -0.05) is 12.1 Å². The maximum Gasteiger partial charge on any atom is 0.331 e. The lowest BCUT2D eigenvalue weighted by Crippen LogP contribution is -2.22. The lowest BCUT2D eigenvalue weighted by atomic mass is 10.1. The number of carbonyl (C=O) groups is 2. The molecule has 0 bridgehead atoms. The first-order valence-corrected chi connectivity index (χ1v) is 8.08. The first-order chi connectivity index (χ1) is 12.2. The SMILES string of the molecule is CC(C)(C)OC(=O)/C=C/c1ccc(/C=C/C(=O)c2cccnc2)c(F)c1. The number of nitrogens with zero attached hydrogens (tertiary/aromatic N) is 1. The highest BCUT2D eigenvalue weighted by Gasteiger charge is 2.13. The Balaban J connectivity index is 2.06. The molecule has 0 spiro atoms. The molecular weight excluding hydrogens is 333 g/mol. The van der Waals surface area contributed by atoms with Crippen LogP contribution in [0.3, 0.4) is 0 Å². The second-order valence-corrected chi connectivity index (χ2v) is 6.59. The lowest BCUT2D eigenvalue weighted by molar-refractivity contribution is -0.148. The van der Waals surface area contributed by atoms with E-state index in [-0.39, 0.29) is 11.3 Å². The van der Waals surface area contributed by atoms with Crippen LogP contribution in [0.1, 0.15) is 42.3 Å². The summed E-state index contributed by atoms with van der Waals surface area (Å²) in [5.41, 5.74) is 0.643. The van der Waals surface area contributed by atoms with Crippen molar-refractivity contribution >= 4 is 23.9 Å². The second-order valence-electron chi connectivity index (χ2n) is 6.59. The van der Waals surface area contributed by atoms with Crippen LogP contribution in [0.2, 0.25) is 0 Å². The number of pyridine rings is 1. The zero-order valence-corrected chi connectivity index (χ0v) is 14.9. The van der Waals surface area contributed by atoms with Gasteiger partial charge in [-0.05, 0) is 62.8 Å². The summed E-state index contributed by atoms with van der Waals surface area (Å²) in [5, 5.41) is 0. The molecule has 4 nitrogen and oxygen atoms in total. The van der Waals surface area contributed by atoms with E-state index in [1.165, 1.54) is 42.6 Å². The fourth-order valence-electron chi connectivity index (χ4n) is 2.05. The smallest absolute Gasteiger partial charge is 0.331 e. The lowest BCUT2D eigenvalue weighted by Gasteiger charge is -2.17. The maximum atomic E-state index is 14.2. The Kier molecular flexibility index (Phi) is 6.17. The molecule has 2 rings (SSSR count). The Morgan fingerprint density at radius 2 is 1.88 bits per heavy atom. The first kappa shape index (κ1) is 19.2. The van der Waals surface area contributed by atoms with Crippen molar-refractivity contribution in [2.24, 2.45) is 0 Å². The Morgan fingerprint density at radius 1 is 1.12 bits per heavy atom. The molecule has 0 amide bonds. The van der Waals surface area contributed by atoms with Gasteiger partial charge in [-0.2, -0.15) is 0 Å². The van der Waals surface area contributed by atoms with Crippen LogP contribution >= 0.6 is 0 Å². The van der Waals surface area contributed by atoms with Gasteiger partial charge in [0.1, 0.15) is 11.4 Å².